The molecule has 1 atom stereocenters. The summed E-state index contributed by atoms with van der Waals surface area (Å²) in [5.41, 5.74) is 0.549. The Kier molecular flexibility index (Phi) is 5.79. The Morgan fingerprint density at radius 2 is 2.09 bits per heavy atom. The third-order valence-corrected chi connectivity index (χ3v) is 4.97. The number of carbonyl (C=O) groups is 1. The molecule has 0 radical (unpaired) electrons. The largest absolute Gasteiger partial charge is 0.490 e. The Balaban J connectivity index is 1.64. The van der Waals surface area contributed by atoms with Crippen molar-refractivity contribution in [3.63, 3.8) is 0 Å². The first kappa shape index (κ1) is 16.6. The number of halogens is 1. The fraction of sp³-hybridized carbons (Fsp3) is 0.611. The number of piperidine rings is 1. The number of rotatable bonds is 5. The van der Waals surface area contributed by atoms with Crippen molar-refractivity contribution in [2.75, 3.05) is 19.6 Å². The smallest absolute Gasteiger partial charge is 0.255 e. The van der Waals surface area contributed by atoms with Gasteiger partial charge in [-0.25, -0.2) is 0 Å². The van der Waals surface area contributed by atoms with Crippen LogP contribution >= 0.6 is 11.6 Å². The second-order valence-electron chi connectivity index (χ2n) is 6.59. The second-order valence-corrected chi connectivity index (χ2v) is 7.02. The van der Waals surface area contributed by atoms with Crippen molar-refractivity contribution in [2.24, 2.45) is 5.92 Å². The normalized spacial score (nSPS) is 22.0. The highest BCUT2D eigenvalue weighted by Crippen LogP contribution is 2.28. The molecular formula is C18H25ClN2O2. The number of amides is 1. The predicted octanol–water partition coefficient (Wildman–Crippen LogP) is 3.39. The molecule has 126 valence electrons. The standard InChI is InChI=1S/C18H25ClN2O2/c19-14-7-8-17(23-15-5-1-2-6-15)16(10-14)18(22)21-12-13-4-3-9-20-11-13/h7-8,10,13,15,20H,1-6,9,11-12H2,(H,21,22). The molecule has 1 aliphatic heterocycles. The maximum atomic E-state index is 12.6. The van der Waals surface area contributed by atoms with E-state index < -0.39 is 0 Å². The van der Waals surface area contributed by atoms with Crippen LogP contribution in [0.5, 0.6) is 5.75 Å². The molecule has 1 aliphatic carbocycles. The van der Waals surface area contributed by atoms with Gasteiger partial charge in [0.25, 0.3) is 5.91 Å². The summed E-state index contributed by atoms with van der Waals surface area (Å²) in [7, 11) is 0. The lowest BCUT2D eigenvalue weighted by Gasteiger charge is -2.23. The lowest BCUT2D eigenvalue weighted by molar-refractivity contribution is 0.0937. The van der Waals surface area contributed by atoms with Crippen LogP contribution in [0.4, 0.5) is 0 Å². The van der Waals surface area contributed by atoms with E-state index in [0.717, 1.165) is 32.4 Å². The fourth-order valence-electron chi connectivity index (χ4n) is 3.40. The summed E-state index contributed by atoms with van der Waals surface area (Å²) in [6, 6.07) is 5.31. The third kappa shape index (κ3) is 4.61. The number of benzene rings is 1. The van der Waals surface area contributed by atoms with Crippen molar-refractivity contribution >= 4 is 17.5 Å². The molecule has 1 amide bonds. The summed E-state index contributed by atoms with van der Waals surface area (Å²) in [5.74, 6) is 1.07. The van der Waals surface area contributed by atoms with E-state index in [4.69, 9.17) is 16.3 Å². The molecule has 1 aromatic rings. The summed E-state index contributed by atoms with van der Waals surface area (Å²) >= 11 is 6.08. The first-order valence-electron chi connectivity index (χ1n) is 8.67. The third-order valence-electron chi connectivity index (χ3n) is 4.73. The van der Waals surface area contributed by atoms with Gasteiger partial charge in [-0.15, -0.1) is 0 Å². The Morgan fingerprint density at radius 3 is 2.83 bits per heavy atom. The lowest BCUT2D eigenvalue weighted by atomic mass is 9.99. The van der Waals surface area contributed by atoms with E-state index in [9.17, 15) is 4.79 Å². The highest BCUT2D eigenvalue weighted by molar-refractivity contribution is 6.31. The zero-order chi connectivity index (χ0) is 16.1. The number of hydrogen-bond donors (Lipinski definition) is 2. The van der Waals surface area contributed by atoms with Gasteiger partial charge in [0, 0.05) is 11.6 Å². The summed E-state index contributed by atoms with van der Waals surface area (Å²) in [4.78, 5) is 12.6. The molecule has 0 aromatic heterocycles. The summed E-state index contributed by atoms with van der Waals surface area (Å²) in [6.45, 7) is 2.75. The van der Waals surface area contributed by atoms with E-state index in [2.05, 4.69) is 10.6 Å². The zero-order valence-electron chi connectivity index (χ0n) is 13.4. The van der Waals surface area contributed by atoms with Crippen molar-refractivity contribution in [1.29, 1.82) is 0 Å². The Bertz CT molecular complexity index is 538. The minimum Gasteiger partial charge on any atom is -0.490 e. The second kappa shape index (κ2) is 8.02. The zero-order valence-corrected chi connectivity index (χ0v) is 14.2. The van der Waals surface area contributed by atoms with Gasteiger partial charge >= 0.3 is 0 Å². The SMILES string of the molecule is O=C(NCC1CCCNC1)c1cc(Cl)ccc1OC1CCCC1. The van der Waals surface area contributed by atoms with E-state index in [0.29, 0.717) is 28.8 Å². The van der Waals surface area contributed by atoms with Gasteiger partial charge in [-0.05, 0) is 75.7 Å². The van der Waals surface area contributed by atoms with Crippen molar-refractivity contribution in [3.05, 3.63) is 28.8 Å². The van der Waals surface area contributed by atoms with E-state index >= 15 is 0 Å². The van der Waals surface area contributed by atoms with Crippen LogP contribution in [0.3, 0.4) is 0 Å². The van der Waals surface area contributed by atoms with Gasteiger partial charge in [0.15, 0.2) is 0 Å². The monoisotopic (exact) mass is 336 g/mol. The minimum absolute atomic E-state index is 0.0916. The van der Waals surface area contributed by atoms with Crippen LogP contribution in [-0.4, -0.2) is 31.6 Å². The molecule has 2 N–H and O–H groups in total. The molecule has 5 heteroatoms. The van der Waals surface area contributed by atoms with Crippen molar-refractivity contribution in [3.8, 4) is 5.75 Å². The molecule has 1 heterocycles. The van der Waals surface area contributed by atoms with Gasteiger partial charge < -0.3 is 15.4 Å². The van der Waals surface area contributed by atoms with Gasteiger partial charge in [-0.2, -0.15) is 0 Å². The summed E-state index contributed by atoms with van der Waals surface area (Å²) < 4.78 is 6.04. The first-order valence-corrected chi connectivity index (χ1v) is 9.05. The van der Waals surface area contributed by atoms with E-state index in [1.807, 2.05) is 6.07 Å². The van der Waals surface area contributed by atoms with E-state index in [1.165, 1.54) is 19.3 Å². The number of ether oxygens (including phenoxy) is 1. The van der Waals surface area contributed by atoms with Crippen LogP contribution in [-0.2, 0) is 0 Å². The van der Waals surface area contributed by atoms with Crippen LogP contribution in [0.15, 0.2) is 18.2 Å². The molecule has 3 rings (SSSR count). The van der Waals surface area contributed by atoms with Gasteiger partial charge in [0.1, 0.15) is 5.75 Å². The maximum Gasteiger partial charge on any atom is 0.255 e. The number of carbonyl (C=O) groups excluding carboxylic acids is 1. The van der Waals surface area contributed by atoms with E-state index in [-0.39, 0.29) is 12.0 Å². The van der Waals surface area contributed by atoms with Crippen LogP contribution in [0.2, 0.25) is 5.02 Å². The maximum absolute atomic E-state index is 12.6. The highest BCUT2D eigenvalue weighted by atomic mass is 35.5. The molecule has 1 saturated carbocycles. The molecule has 4 nitrogen and oxygen atoms in total. The van der Waals surface area contributed by atoms with E-state index in [1.54, 1.807) is 12.1 Å². The van der Waals surface area contributed by atoms with Gasteiger partial charge in [-0.3, -0.25) is 4.79 Å². The fourth-order valence-corrected chi connectivity index (χ4v) is 3.57. The van der Waals surface area contributed by atoms with Crippen molar-refractivity contribution in [1.82, 2.24) is 10.6 Å². The molecule has 0 bridgehead atoms. The summed E-state index contributed by atoms with van der Waals surface area (Å²) in [6.07, 6.45) is 7.10. The van der Waals surface area contributed by atoms with Crippen LogP contribution < -0.4 is 15.4 Å². The average Bonchev–Trinajstić information content (AvgIpc) is 3.08. The molecular weight excluding hydrogens is 312 g/mol. The highest BCUT2D eigenvalue weighted by Gasteiger charge is 2.21. The van der Waals surface area contributed by atoms with Crippen LogP contribution in [0, 0.1) is 5.92 Å². The molecule has 0 spiro atoms. The summed E-state index contributed by atoms with van der Waals surface area (Å²) in [5, 5.41) is 6.98. The Hall–Kier alpha value is -1.26. The van der Waals surface area contributed by atoms with Crippen LogP contribution in [0.1, 0.15) is 48.9 Å². The Morgan fingerprint density at radius 1 is 1.26 bits per heavy atom. The van der Waals surface area contributed by atoms with Gasteiger partial charge in [0.05, 0.1) is 11.7 Å². The topological polar surface area (TPSA) is 50.4 Å². The quantitative estimate of drug-likeness (QED) is 0.866. The van der Waals surface area contributed by atoms with Gasteiger partial charge in [0.2, 0.25) is 0 Å². The number of nitrogens with one attached hydrogen (secondary N) is 2. The molecule has 23 heavy (non-hydrogen) atoms. The average molecular weight is 337 g/mol. The van der Waals surface area contributed by atoms with Crippen LogP contribution in [0.25, 0.3) is 0 Å². The molecule has 2 aliphatic rings. The predicted molar refractivity (Wildman–Crippen MR) is 92.3 cm³/mol. The minimum atomic E-state index is -0.0916. The molecule has 1 saturated heterocycles. The first-order chi connectivity index (χ1) is 11.2. The molecule has 2 fully saturated rings. The number of hydrogen-bond acceptors (Lipinski definition) is 3. The Labute approximate surface area is 142 Å². The molecule has 1 unspecified atom stereocenters. The van der Waals surface area contributed by atoms with Crippen molar-refractivity contribution < 1.29 is 9.53 Å². The van der Waals surface area contributed by atoms with Gasteiger partial charge in [-0.1, -0.05) is 11.6 Å². The lowest BCUT2D eigenvalue weighted by Crippen LogP contribution is -2.38. The van der Waals surface area contributed by atoms with Crippen molar-refractivity contribution in [2.45, 2.75) is 44.6 Å². The molecule has 1 aromatic carbocycles.